The average molecular weight is 223 g/mol. The molecule has 0 aliphatic rings. The quantitative estimate of drug-likeness (QED) is 0.678. The lowest BCUT2D eigenvalue weighted by molar-refractivity contribution is 0.435. The standard InChI is InChI=1S/C9H22NOPS/c1-7-10(8-2)12(11,13-6)9(3,4)5/h7-8H2,1-6H3. The van der Waals surface area contributed by atoms with E-state index in [0.717, 1.165) is 13.1 Å². The summed E-state index contributed by atoms with van der Waals surface area (Å²) in [5.74, 6) is 0. The van der Waals surface area contributed by atoms with Crippen LogP contribution in [0.15, 0.2) is 0 Å². The van der Waals surface area contributed by atoms with Crippen molar-refractivity contribution in [2.75, 3.05) is 19.3 Å². The van der Waals surface area contributed by atoms with Gasteiger partial charge in [0.2, 0.25) is 6.49 Å². The Morgan fingerprint density at radius 1 is 1.23 bits per heavy atom. The van der Waals surface area contributed by atoms with Crippen LogP contribution in [-0.2, 0) is 4.57 Å². The van der Waals surface area contributed by atoms with E-state index in [4.69, 9.17) is 0 Å². The molecule has 2 nitrogen and oxygen atoms in total. The van der Waals surface area contributed by atoms with Gasteiger partial charge in [0, 0.05) is 18.2 Å². The minimum Gasteiger partial charge on any atom is -0.294 e. The molecular weight excluding hydrogens is 201 g/mol. The molecular formula is C9H22NOPS. The van der Waals surface area contributed by atoms with Gasteiger partial charge in [-0.15, -0.1) is 0 Å². The molecule has 80 valence electrons. The van der Waals surface area contributed by atoms with E-state index in [9.17, 15) is 4.57 Å². The van der Waals surface area contributed by atoms with Crippen LogP contribution in [0.4, 0.5) is 0 Å². The van der Waals surface area contributed by atoms with Crippen LogP contribution >= 0.6 is 17.9 Å². The largest absolute Gasteiger partial charge is 0.294 e. The molecule has 0 aromatic rings. The lowest BCUT2D eigenvalue weighted by Crippen LogP contribution is -2.28. The Morgan fingerprint density at radius 2 is 1.62 bits per heavy atom. The zero-order valence-corrected chi connectivity index (χ0v) is 11.3. The molecule has 0 N–H and O–H groups in total. The fourth-order valence-electron chi connectivity index (χ4n) is 1.41. The monoisotopic (exact) mass is 223 g/mol. The van der Waals surface area contributed by atoms with E-state index in [1.54, 1.807) is 0 Å². The minimum absolute atomic E-state index is 0.127. The molecule has 0 heterocycles. The van der Waals surface area contributed by atoms with Crippen molar-refractivity contribution in [3.8, 4) is 0 Å². The molecule has 0 aromatic carbocycles. The first-order valence-electron chi connectivity index (χ1n) is 4.74. The SMILES string of the molecule is CCN(CC)P(=O)(SC)C(C)(C)C. The van der Waals surface area contributed by atoms with Crippen LogP contribution in [0.5, 0.6) is 0 Å². The highest BCUT2D eigenvalue weighted by atomic mass is 32.7. The summed E-state index contributed by atoms with van der Waals surface area (Å²) in [4.78, 5) is 0. The van der Waals surface area contributed by atoms with Crippen LogP contribution in [-0.4, -0.2) is 29.2 Å². The molecule has 1 atom stereocenters. The Balaban J connectivity index is 4.93. The first kappa shape index (κ1) is 13.5. The summed E-state index contributed by atoms with van der Waals surface area (Å²) in [5.41, 5.74) is 0. The van der Waals surface area contributed by atoms with Crippen LogP contribution in [0.25, 0.3) is 0 Å². The van der Waals surface area contributed by atoms with Crippen molar-refractivity contribution in [1.82, 2.24) is 4.67 Å². The van der Waals surface area contributed by atoms with Gasteiger partial charge in [-0.2, -0.15) is 0 Å². The first-order chi connectivity index (χ1) is 5.83. The third kappa shape index (κ3) is 2.74. The molecule has 4 heteroatoms. The van der Waals surface area contributed by atoms with E-state index in [1.165, 1.54) is 11.4 Å². The number of hydrogen-bond donors (Lipinski definition) is 0. The van der Waals surface area contributed by atoms with Gasteiger partial charge in [0.15, 0.2) is 0 Å². The minimum atomic E-state index is -2.24. The summed E-state index contributed by atoms with van der Waals surface area (Å²) in [6.07, 6.45) is 1.95. The van der Waals surface area contributed by atoms with Crippen LogP contribution in [0, 0.1) is 0 Å². The lowest BCUT2D eigenvalue weighted by Gasteiger charge is -2.37. The van der Waals surface area contributed by atoms with Gasteiger partial charge in [0.05, 0.1) is 0 Å². The molecule has 0 aromatic heterocycles. The summed E-state index contributed by atoms with van der Waals surface area (Å²) in [6, 6.07) is 0. The molecule has 13 heavy (non-hydrogen) atoms. The van der Waals surface area contributed by atoms with Crippen LogP contribution < -0.4 is 0 Å². The Kier molecular flexibility index (Phi) is 5.06. The van der Waals surface area contributed by atoms with Crippen molar-refractivity contribution in [1.29, 1.82) is 0 Å². The predicted octanol–water partition coefficient (Wildman–Crippen LogP) is 3.68. The Morgan fingerprint density at radius 3 is 1.69 bits per heavy atom. The molecule has 0 spiro atoms. The predicted molar refractivity (Wildman–Crippen MR) is 63.8 cm³/mol. The number of nitrogens with zero attached hydrogens (tertiary/aromatic N) is 1. The van der Waals surface area contributed by atoms with E-state index in [1.807, 2.05) is 6.26 Å². The fraction of sp³-hybridized carbons (Fsp3) is 1.00. The van der Waals surface area contributed by atoms with Gasteiger partial charge in [0.25, 0.3) is 0 Å². The first-order valence-corrected chi connectivity index (χ1v) is 8.23. The highest BCUT2D eigenvalue weighted by Crippen LogP contribution is 2.68. The highest BCUT2D eigenvalue weighted by molar-refractivity contribution is 8.57. The second kappa shape index (κ2) is 4.86. The van der Waals surface area contributed by atoms with Crippen molar-refractivity contribution in [3.05, 3.63) is 0 Å². The molecule has 0 fully saturated rings. The van der Waals surface area contributed by atoms with Gasteiger partial charge in [-0.05, 0) is 6.26 Å². The van der Waals surface area contributed by atoms with Crippen LogP contribution in [0.1, 0.15) is 34.6 Å². The lowest BCUT2D eigenvalue weighted by atomic mass is 10.3. The van der Waals surface area contributed by atoms with Gasteiger partial charge in [-0.25, -0.2) is 4.67 Å². The summed E-state index contributed by atoms with van der Waals surface area (Å²) < 4.78 is 14.7. The molecule has 0 bridgehead atoms. The molecule has 0 amide bonds. The number of rotatable bonds is 4. The molecule has 0 aliphatic carbocycles. The van der Waals surface area contributed by atoms with Crippen molar-refractivity contribution in [2.24, 2.45) is 0 Å². The van der Waals surface area contributed by atoms with Crippen LogP contribution in [0.2, 0.25) is 0 Å². The Hall–Kier alpha value is 0.540. The Labute approximate surface area is 86.6 Å². The van der Waals surface area contributed by atoms with E-state index >= 15 is 0 Å². The van der Waals surface area contributed by atoms with Gasteiger partial charge < -0.3 is 0 Å². The van der Waals surface area contributed by atoms with Crippen molar-refractivity contribution in [3.63, 3.8) is 0 Å². The fourth-order valence-corrected chi connectivity index (χ4v) is 6.81. The normalized spacial score (nSPS) is 17.5. The van der Waals surface area contributed by atoms with Crippen molar-refractivity contribution in [2.45, 2.75) is 39.8 Å². The van der Waals surface area contributed by atoms with Gasteiger partial charge >= 0.3 is 0 Å². The smallest absolute Gasteiger partial charge is 0.208 e. The zero-order valence-electron chi connectivity index (χ0n) is 9.63. The van der Waals surface area contributed by atoms with Gasteiger partial charge in [0.1, 0.15) is 0 Å². The van der Waals surface area contributed by atoms with Crippen molar-refractivity contribution >= 4 is 17.9 Å². The summed E-state index contributed by atoms with van der Waals surface area (Å²) in [5, 5.41) is -0.127. The molecule has 0 aliphatic heterocycles. The third-order valence-corrected chi connectivity index (χ3v) is 9.52. The maximum absolute atomic E-state index is 12.7. The second-order valence-electron chi connectivity index (χ2n) is 4.01. The molecule has 0 saturated heterocycles. The maximum Gasteiger partial charge on any atom is 0.208 e. The van der Waals surface area contributed by atoms with E-state index in [2.05, 4.69) is 39.3 Å². The third-order valence-electron chi connectivity index (χ3n) is 2.20. The highest BCUT2D eigenvalue weighted by Gasteiger charge is 2.39. The molecule has 0 rings (SSSR count). The topological polar surface area (TPSA) is 20.3 Å². The van der Waals surface area contributed by atoms with E-state index in [0.29, 0.717) is 0 Å². The molecule has 0 saturated carbocycles. The zero-order chi connectivity index (χ0) is 10.7. The molecule has 0 radical (unpaired) electrons. The molecule has 1 unspecified atom stereocenters. The Bertz CT molecular complexity index is 196. The van der Waals surface area contributed by atoms with Crippen molar-refractivity contribution < 1.29 is 4.57 Å². The van der Waals surface area contributed by atoms with Crippen LogP contribution in [0.3, 0.4) is 0 Å². The van der Waals surface area contributed by atoms with E-state index < -0.39 is 6.49 Å². The maximum atomic E-state index is 12.7. The summed E-state index contributed by atoms with van der Waals surface area (Å²) >= 11 is 1.52. The summed E-state index contributed by atoms with van der Waals surface area (Å²) in [6.45, 7) is 9.80. The second-order valence-corrected chi connectivity index (χ2v) is 9.91. The summed E-state index contributed by atoms with van der Waals surface area (Å²) in [7, 11) is 0. The van der Waals surface area contributed by atoms with Gasteiger partial charge in [-0.1, -0.05) is 46.0 Å². The van der Waals surface area contributed by atoms with E-state index in [-0.39, 0.29) is 5.16 Å². The van der Waals surface area contributed by atoms with Gasteiger partial charge in [-0.3, -0.25) is 4.57 Å². The number of hydrogen-bond acceptors (Lipinski definition) is 2. The average Bonchev–Trinajstić information content (AvgIpc) is 2.04.